The average Bonchev–Trinajstić information content (AvgIpc) is 2.27. The molecular formula is C14H28N2. The number of hydrogen-bond acceptors (Lipinski definition) is 2. The van der Waals surface area contributed by atoms with E-state index in [1.807, 2.05) is 0 Å². The molecule has 2 rings (SSSR count). The summed E-state index contributed by atoms with van der Waals surface area (Å²) in [7, 11) is 0. The smallest absolute Gasteiger partial charge is 0.0572 e. The Morgan fingerprint density at radius 3 is 2.56 bits per heavy atom. The third-order valence-corrected chi connectivity index (χ3v) is 4.73. The topological polar surface area (TPSA) is 29.3 Å². The van der Waals surface area contributed by atoms with E-state index in [2.05, 4.69) is 18.7 Å². The van der Waals surface area contributed by atoms with Gasteiger partial charge >= 0.3 is 0 Å². The highest BCUT2D eigenvalue weighted by molar-refractivity contribution is 4.81. The van der Waals surface area contributed by atoms with Crippen LogP contribution in [0.2, 0.25) is 0 Å². The molecular weight excluding hydrogens is 196 g/mol. The van der Waals surface area contributed by atoms with Crippen molar-refractivity contribution in [2.45, 2.75) is 58.5 Å². The molecule has 1 aliphatic carbocycles. The second-order valence-electron chi connectivity index (χ2n) is 6.23. The van der Waals surface area contributed by atoms with Crippen molar-refractivity contribution in [2.75, 3.05) is 13.1 Å². The molecule has 16 heavy (non-hydrogen) atoms. The molecule has 1 saturated carbocycles. The van der Waals surface area contributed by atoms with Gasteiger partial charge in [-0.15, -0.1) is 0 Å². The zero-order valence-electron chi connectivity index (χ0n) is 11.0. The summed E-state index contributed by atoms with van der Waals surface area (Å²) in [5.74, 6) is 2.67. The van der Waals surface area contributed by atoms with Gasteiger partial charge in [0, 0.05) is 13.1 Å². The summed E-state index contributed by atoms with van der Waals surface area (Å²) in [4.78, 5) is 2.56. The van der Waals surface area contributed by atoms with Crippen molar-refractivity contribution in [3.05, 3.63) is 0 Å². The Kier molecular flexibility index (Phi) is 4.26. The third kappa shape index (κ3) is 2.98. The maximum absolute atomic E-state index is 6.23. The standard InChI is InChI=1S/C14H28N2/c1-11-7-8-14(15)16(9-11)10-13-6-4-3-5-12(13)2/h11-14H,3-10,15H2,1-2H3. The van der Waals surface area contributed by atoms with Crippen molar-refractivity contribution in [3.8, 4) is 0 Å². The van der Waals surface area contributed by atoms with E-state index in [0.29, 0.717) is 6.17 Å². The van der Waals surface area contributed by atoms with Gasteiger partial charge in [0.1, 0.15) is 0 Å². The van der Waals surface area contributed by atoms with Gasteiger partial charge in [-0.25, -0.2) is 0 Å². The second kappa shape index (κ2) is 5.50. The van der Waals surface area contributed by atoms with Crippen molar-refractivity contribution >= 4 is 0 Å². The van der Waals surface area contributed by atoms with E-state index in [1.165, 1.54) is 51.6 Å². The van der Waals surface area contributed by atoms with E-state index in [-0.39, 0.29) is 0 Å². The van der Waals surface area contributed by atoms with Crippen molar-refractivity contribution in [3.63, 3.8) is 0 Å². The Morgan fingerprint density at radius 2 is 1.81 bits per heavy atom. The fourth-order valence-corrected chi connectivity index (χ4v) is 3.44. The summed E-state index contributed by atoms with van der Waals surface area (Å²) in [6.07, 6.45) is 8.60. The first-order valence-corrected chi connectivity index (χ1v) is 7.16. The summed E-state index contributed by atoms with van der Waals surface area (Å²) >= 11 is 0. The largest absolute Gasteiger partial charge is 0.316 e. The quantitative estimate of drug-likeness (QED) is 0.781. The molecule has 2 nitrogen and oxygen atoms in total. The maximum Gasteiger partial charge on any atom is 0.0572 e. The summed E-state index contributed by atoms with van der Waals surface area (Å²) in [6.45, 7) is 7.28. The van der Waals surface area contributed by atoms with Crippen molar-refractivity contribution in [1.82, 2.24) is 4.90 Å². The zero-order valence-corrected chi connectivity index (χ0v) is 11.0. The Morgan fingerprint density at radius 1 is 1.06 bits per heavy atom. The van der Waals surface area contributed by atoms with Crippen LogP contribution in [-0.4, -0.2) is 24.2 Å². The van der Waals surface area contributed by atoms with Crippen molar-refractivity contribution in [2.24, 2.45) is 23.5 Å². The Labute approximate surface area is 101 Å². The molecule has 94 valence electrons. The highest BCUT2D eigenvalue weighted by atomic mass is 15.2. The Bertz CT molecular complexity index is 217. The van der Waals surface area contributed by atoms with Crippen molar-refractivity contribution < 1.29 is 0 Å². The van der Waals surface area contributed by atoms with Gasteiger partial charge in [0.2, 0.25) is 0 Å². The number of likely N-dealkylation sites (tertiary alicyclic amines) is 1. The van der Waals surface area contributed by atoms with Crippen LogP contribution in [0.1, 0.15) is 52.4 Å². The molecule has 0 amide bonds. The fourth-order valence-electron chi connectivity index (χ4n) is 3.44. The minimum Gasteiger partial charge on any atom is -0.316 e. The van der Waals surface area contributed by atoms with Crippen molar-refractivity contribution in [1.29, 1.82) is 0 Å². The monoisotopic (exact) mass is 224 g/mol. The molecule has 2 heteroatoms. The van der Waals surface area contributed by atoms with Gasteiger partial charge in [0.15, 0.2) is 0 Å². The summed E-state index contributed by atoms with van der Waals surface area (Å²) in [5, 5.41) is 0. The van der Waals surface area contributed by atoms with Crippen LogP contribution in [0.25, 0.3) is 0 Å². The van der Waals surface area contributed by atoms with Gasteiger partial charge in [-0.2, -0.15) is 0 Å². The number of rotatable bonds is 2. The molecule has 2 fully saturated rings. The number of hydrogen-bond donors (Lipinski definition) is 1. The molecule has 1 saturated heterocycles. The predicted octanol–water partition coefficient (Wildman–Crippen LogP) is 2.83. The molecule has 0 spiro atoms. The normalized spacial score (nSPS) is 42.2. The van der Waals surface area contributed by atoms with Gasteiger partial charge in [-0.05, 0) is 37.0 Å². The number of nitrogens with zero attached hydrogens (tertiary/aromatic N) is 1. The lowest BCUT2D eigenvalue weighted by molar-refractivity contribution is 0.0742. The minimum atomic E-state index is 0.338. The molecule has 2 N–H and O–H groups in total. The first-order chi connectivity index (χ1) is 7.66. The molecule has 4 unspecified atom stereocenters. The zero-order chi connectivity index (χ0) is 11.5. The van der Waals surface area contributed by atoms with Crippen LogP contribution in [-0.2, 0) is 0 Å². The van der Waals surface area contributed by atoms with E-state index >= 15 is 0 Å². The third-order valence-electron chi connectivity index (χ3n) is 4.73. The van der Waals surface area contributed by atoms with Gasteiger partial charge in [0.05, 0.1) is 6.17 Å². The van der Waals surface area contributed by atoms with Crippen LogP contribution in [0.4, 0.5) is 0 Å². The number of piperidine rings is 1. The molecule has 4 atom stereocenters. The summed E-state index contributed by atoms with van der Waals surface area (Å²) < 4.78 is 0. The fraction of sp³-hybridized carbons (Fsp3) is 1.00. The van der Waals surface area contributed by atoms with Crippen LogP contribution in [0.3, 0.4) is 0 Å². The molecule has 0 aromatic heterocycles. The summed E-state index contributed by atoms with van der Waals surface area (Å²) in [5.41, 5.74) is 6.23. The SMILES string of the molecule is CC1CCC(N)N(CC2CCCCC2C)C1. The van der Waals surface area contributed by atoms with Crippen LogP contribution in [0.5, 0.6) is 0 Å². The van der Waals surface area contributed by atoms with Crippen LogP contribution < -0.4 is 5.73 Å². The van der Waals surface area contributed by atoms with Gasteiger partial charge < -0.3 is 5.73 Å². The summed E-state index contributed by atoms with van der Waals surface area (Å²) in [6, 6.07) is 0. The second-order valence-corrected chi connectivity index (χ2v) is 6.23. The van der Waals surface area contributed by atoms with Crippen LogP contribution >= 0.6 is 0 Å². The highest BCUT2D eigenvalue weighted by Gasteiger charge is 2.28. The highest BCUT2D eigenvalue weighted by Crippen LogP contribution is 2.31. The molecule has 1 heterocycles. The van der Waals surface area contributed by atoms with Gasteiger partial charge in [-0.1, -0.05) is 33.1 Å². The van der Waals surface area contributed by atoms with Gasteiger partial charge in [-0.3, -0.25) is 4.90 Å². The Balaban J connectivity index is 1.86. The Hall–Kier alpha value is -0.0800. The number of nitrogens with two attached hydrogens (primary N) is 1. The van der Waals surface area contributed by atoms with E-state index in [1.54, 1.807) is 0 Å². The average molecular weight is 224 g/mol. The molecule has 0 bridgehead atoms. The molecule has 0 aromatic rings. The van der Waals surface area contributed by atoms with Gasteiger partial charge in [0.25, 0.3) is 0 Å². The lowest BCUT2D eigenvalue weighted by atomic mass is 9.79. The van der Waals surface area contributed by atoms with E-state index in [4.69, 9.17) is 5.73 Å². The first kappa shape index (κ1) is 12.4. The maximum atomic E-state index is 6.23. The minimum absolute atomic E-state index is 0.338. The van der Waals surface area contributed by atoms with Crippen LogP contribution in [0.15, 0.2) is 0 Å². The molecule has 0 aromatic carbocycles. The predicted molar refractivity (Wildman–Crippen MR) is 69.1 cm³/mol. The first-order valence-electron chi connectivity index (χ1n) is 7.16. The molecule has 2 aliphatic rings. The molecule has 1 aliphatic heterocycles. The molecule has 0 radical (unpaired) electrons. The van der Waals surface area contributed by atoms with E-state index in [9.17, 15) is 0 Å². The van der Waals surface area contributed by atoms with Crippen LogP contribution in [0, 0.1) is 17.8 Å². The lowest BCUT2D eigenvalue weighted by Gasteiger charge is -2.41. The van der Waals surface area contributed by atoms with E-state index < -0.39 is 0 Å². The van der Waals surface area contributed by atoms with E-state index in [0.717, 1.165) is 17.8 Å². The lowest BCUT2D eigenvalue weighted by Crippen LogP contribution is -2.50.